The van der Waals surface area contributed by atoms with E-state index in [-0.39, 0.29) is 11.2 Å². The van der Waals surface area contributed by atoms with Gasteiger partial charge in [0.1, 0.15) is 5.60 Å². The first-order valence-electron chi connectivity index (χ1n) is 6.78. The minimum absolute atomic E-state index is 0.171. The molecule has 0 heterocycles. The van der Waals surface area contributed by atoms with Crippen molar-refractivity contribution in [3.05, 3.63) is 0 Å². The summed E-state index contributed by atoms with van der Waals surface area (Å²) in [7, 11) is 0. The van der Waals surface area contributed by atoms with E-state index in [9.17, 15) is 9.59 Å². The molecule has 112 valence electrons. The highest BCUT2D eigenvalue weighted by Gasteiger charge is 2.20. The number of hydrogen-bond acceptors (Lipinski definition) is 4. The van der Waals surface area contributed by atoms with Crippen molar-refractivity contribution >= 4 is 23.0 Å². The minimum Gasteiger partial charge on any atom is -0.444 e. The lowest BCUT2D eigenvalue weighted by Gasteiger charge is -2.25. The molecular formula is C14H27NO3S. The van der Waals surface area contributed by atoms with E-state index >= 15 is 0 Å². The third-order valence-electron chi connectivity index (χ3n) is 2.61. The van der Waals surface area contributed by atoms with Crippen LogP contribution < -0.4 is 5.32 Å². The number of hydrogen-bond donors (Lipinski definition) is 1. The molecule has 19 heavy (non-hydrogen) atoms. The first-order valence-corrected chi connectivity index (χ1v) is 8.01. The van der Waals surface area contributed by atoms with Gasteiger partial charge in [-0.2, -0.15) is 0 Å². The van der Waals surface area contributed by atoms with Gasteiger partial charge < -0.3 is 10.1 Å². The first kappa shape index (κ1) is 18.3. The molecular weight excluding hydrogens is 262 g/mol. The zero-order valence-electron chi connectivity index (χ0n) is 12.7. The Bertz CT molecular complexity index is 281. The number of carbonyl (C=O) groups excluding carboxylic acids is 2. The third-order valence-corrected chi connectivity index (χ3v) is 3.19. The van der Waals surface area contributed by atoms with Crippen molar-refractivity contribution in [2.75, 3.05) is 6.26 Å². The van der Waals surface area contributed by atoms with Crippen LogP contribution in [0, 0.1) is 0 Å². The normalized spacial score (nSPS) is 16.1. The highest BCUT2D eigenvalue weighted by Crippen LogP contribution is 2.18. The second-order valence-corrected chi connectivity index (χ2v) is 6.66. The average Bonchev–Trinajstić information content (AvgIpc) is 2.28. The van der Waals surface area contributed by atoms with Gasteiger partial charge in [0.25, 0.3) is 0 Å². The summed E-state index contributed by atoms with van der Waals surface area (Å²) in [5.74, 6) is 0. The molecule has 1 aliphatic carbocycles. The fraction of sp³-hybridized carbons (Fsp3) is 0.857. The van der Waals surface area contributed by atoms with E-state index in [1.54, 1.807) is 13.2 Å². The lowest BCUT2D eigenvalue weighted by molar-refractivity contribution is -0.109. The second kappa shape index (κ2) is 9.23. The molecule has 0 aromatic rings. The van der Waals surface area contributed by atoms with E-state index in [1.807, 2.05) is 20.8 Å². The highest BCUT2D eigenvalue weighted by molar-refractivity contribution is 8.12. The predicted molar refractivity (Wildman–Crippen MR) is 80.4 cm³/mol. The quantitative estimate of drug-likeness (QED) is 0.799. The monoisotopic (exact) mass is 289 g/mol. The van der Waals surface area contributed by atoms with Crippen molar-refractivity contribution in [3.8, 4) is 0 Å². The lowest BCUT2D eigenvalue weighted by atomic mass is 9.96. The Morgan fingerprint density at radius 2 is 1.63 bits per heavy atom. The lowest BCUT2D eigenvalue weighted by Crippen LogP contribution is -2.39. The van der Waals surface area contributed by atoms with Crippen LogP contribution in [-0.4, -0.2) is 29.1 Å². The minimum atomic E-state index is -0.390. The zero-order valence-corrected chi connectivity index (χ0v) is 13.6. The Labute approximate surface area is 121 Å². The van der Waals surface area contributed by atoms with E-state index < -0.39 is 5.60 Å². The van der Waals surface area contributed by atoms with Gasteiger partial charge >= 0.3 is 6.09 Å². The van der Waals surface area contributed by atoms with Gasteiger partial charge in [0, 0.05) is 13.0 Å². The maximum Gasteiger partial charge on any atom is 0.407 e. The van der Waals surface area contributed by atoms with E-state index in [2.05, 4.69) is 5.32 Å². The van der Waals surface area contributed by atoms with Crippen LogP contribution in [0.2, 0.25) is 0 Å². The number of amides is 1. The fourth-order valence-electron chi connectivity index (χ4n) is 1.72. The molecule has 1 N–H and O–H groups in total. The number of carbonyl (C=O) groups is 2. The molecule has 1 amide bonds. The molecule has 1 saturated carbocycles. The molecule has 0 spiro atoms. The number of alkyl carbamates (subject to hydrolysis) is 1. The molecule has 0 radical (unpaired) electrons. The summed E-state index contributed by atoms with van der Waals surface area (Å²) in [6, 6.07) is 0.332. The summed E-state index contributed by atoms with van der Waals surface area (Å²) >= 11 is 1.24. The van der Waals surface area contributed by atoms with Crippen LogP contribution >= 0.6 is 11.8 Å². The summed E-state index contributed by atoms with van der Waals surface area (Å²) in [4.78, 5) is 21.2. The Balaban J connectivity index is 0.000000555. The summed E-state index contributed by atoms with van der Waals surface area (Å²) in [5.41, 5.74) is -0.390. The van der Waals surface area contributed by atoms with Crippen molar-refractivity contribution in [1.29, 1.82) is 0 Å². The van der Waals surface area contributed by atoms with E-state index in [1.165, 1.54) is 31.0 Å². The number of thioether (sulfide) groups is 1. The van der Waals surface area contributed by atoms with Crippen LogP contribution in [0.3, 0.4) is 0 Å². The van der Waals surface area contributed by atoms with Crippen LogP contribution in [-0.2, 0) is 9.53 Å². The SMILES string of the molecule is CC(C)(C)OC(=O)NC1CCCCC1.CSC(C)=O. The average molecular weight is 289 g/mol. The van der Waals surface area contributed by atoms with Crippen molar-refractivity contribution in [2.24, 2.45) is 0 Å². The number of rotatable bonds is 1. The summed E-state index contributed by atoms with van der Waals surface area (Å²) in [5, 5.41) is 3.09. The second-order valence-electron chi connectivity index (χ2n) is 5.68. The zero-order chi connectivity index (χ0) is 14.9. The van der Waals surface area contributed by atoms with Gasteiger partial charge in [0.2, 0.25) is 0 Å². The largest absolute Gasteiger partial charge is 0.444 e. The molecule has 0 aliphatic heterocycles. The Kier molecular flexibility index (Phi) is 8.89. The van der Waals surface area contributed by atoms with E-state index in [4.69, 9.17) is 4.74 Å². The van der Waals surface area contributed by atoms with Gasteiger partial charge in [0.05, 0.1) is 0 Å². The molecule has 0 atom stereocenters. The van der Waals surface area contributed by atoms with Crippen LogP contribution in [0.1, 0.15) is 59.8 Å². The number of ether oxygens (including phenoxy) is 1. The van der Waals surface area contributed by atoms with Gasteiger partial charge in [-0.15, -0.1) is 0 Å². The molecule has 4 nitrogen and oxygen atoms in total. The van der Waals surface area contributed by atoms with Crippen molar-refractivity contribution in [3.63, 3.8) is 0 Å². The van der Waals surface area contributed by atoms with Crippen molar-refractivity contribution in [1.82, 2.24) is 5.32 Å². The summed E-state index contributed by atoms with van der Waals surface area (Å²) in [6.45, 7) is 7.19. The summed E-state index contributed by atoms with van der Waals surface area (Å²) < 4.78 is 5.19. The maximum atomic E-state index is 11.4. The van der Waals surface area contributed by atoms with E-state index in [0.717, 1.165) is 12.8 Å². The molecule has 1 rings (SSSR count). The molecule has 1 aliphatic rings. The fourth-order valence-corrected chi connectivity index (χ4v) is 1.72. The van der Waals surface area contributed by atoms with Gasteiger partial charge in [-0.1, -0.05) is 31.0 Å². The molecule has 0 saturated heterocycles. The van der Waals surface area contributed by atoms with Crippen LogP contribution in [0.4, 0.5) is 4.79 Å². The van der Waals surface area contributed by atoms with Crippen molar-refractivity contribution < 1.29 is 14.3 Å². The smallest absolute Gasteiger partial charge is 0.407 e. The van der Waals surface area contributed by atoms with Gasteiger partial charge in [-0.3, -0.25) is 4.79 Å². The van der Waals surface area contributed by atoms with Gasteiger partial charge in [-0.25, -0.2) is 4.79 Å². The van der Waals surface area contributed by atoms with Crippen LogP contribution in [0.25, 0.3) is 0 Å². The number of nitrogens with one attached hydrogen (secondary N) is 1. The van der Waals surface area contributed by atoms with E-state index in [0.29, 0.717) is 6.04 Å². The Morgan fingerprint density at radius 3 is 2.00 bits per heavy atom. The summed E-state index contributed by atoms with van der Waals surface area (Å²) in [6.07, 6.45) is 7.43. The van der Waals surface area contributed by atoms with Crippen molar-refractivity contribution in [2.45, 2.75) is 71.4 Å². The Hall–Kier alpha value is -0.710. The Morgan fingerprint density at radius 1 is 1.16 bits per heavy atom. The third kappa shape index (κ3) is 12.1. The molecule has 5 heteroatoms. The predicted octanol–water partition coefficient (Wildman–Crippen LogP) is 3.74. The molecule has 0 aromatic carbocycles. The van der Waals surface area contributed by atoms with Gasteiger partial charge in [0.15, 0.2) is 5.12 Å². The van der Waals surface area contributed by atoms with Gasteiger partial charge in [-0.05, 0) is 39.9 Å². The topological polar surface area (TPSA) is 55.4 Å². The molecule has 0 bridgehead atoms. The molecule has 0 aromatic heterocycles. The molecule has 1 fully saturated rings. The molecule has 0 unspecified atom stereocenters. The van der Waals surface area contributed by atoms with Crippen LogP contribution in [0.5, 0.6) is 0 Å². The maximum absolute atomic E-state index is 11.4. The highest BCUT2D eigenvalue weighted by atomic mass is 32.2. The standard InChI is InChI=1S/C11H21NO2.C3H6OS/c1-11(2,3)14-10(13)12-9-7-5-4-6-8-9;1-3(4)5-2/h9H,4-8H2,1-3H3,(H,12,13);1-2H3. The van der Waals surface area contributed by atoms with Crippen LogP contribution in [0.15, 0.2) is 0 Å². The first-order chi connectivity index (χ1) is 8.74.